The number of rotatable bonds is 6. The largest absolute Gasteiger partial charge is 0.504 e. The summed E-state index contributed by atoms with van der Waals surface area (Å²) in [6.45, 7) is 2.11. The van der Waals surface area contributed by atoms with E-state index in [4.69, 9.17) is 9.88 Å². The summed E-state index contributed by atoms with van der Waals surface area (Å²) in [4.78, 5) is 12.2. The van der Waals surface area contributed by atoms with Gasteiger partial charge in [0.1, 0.15) is 11.6 Å². The Labute approximate surface area is 156 Å². The van der Waals surface area contributed by atoms with Crippen LogP contribution in [0.2, 0.25) is 0 Å². The molecule has 9 heteroatoms. The molecule has 140 valence electrons. The van der Waals surface area contributed by atoms with Crippen LogP contribution in [0.25, 0.3) is 6.08 Å². The summed E-state index contributed by atoms with van der Waals surface area (Å²) in [7, 11) is -3.83. The Kier molecular flexibility index (Phi) is 6.18. The number of anilines is 1. The third-order valence-corrected chi connectivity index (χ3v) is 4.33. The van der Waals surface area contributed by atoms with Crippen molar-refractivity contribution >= 4 is 27.7 Å². The summed E-state index contributed by atoms with van der Waals surface area (Å²) in [5.41, 5.74) is 0.612. The molecule has 2 rings (SSSR count). The molecule has 0 spiro atoms. The van der Waals surface area contributed by atoms with Crippen molar-refractivity contribution in [2.24, 2.45) is 5.14 Å². The summed E-state index contributed by atoms with van der Waals surface area (Å²) in [6.07, 6.45) is 1.34. The van der Waals surface area contributed by atoms with Gasteiger partial charge in [-0.2, -0.15) is 5.26 Å². The number of ether oxygens (including phenoxy) is 1. The molecule has 0 aliphatic heterocycles. The number of benzene rings is 2. The van der Waals surface area contributed by atoms with Crippen molar-refractivity contribution in [3.05, 3.63) is 53.6 Å². The zero-order chi connectivity index (χ0) is 20.0. The lowest BCUT2D eigenvalue weighted by atomic mass is 10.1. The van der Waals surface area contributed by atoms with Gasteiger partial charge in [0.05, 0.1) is 11.5 Å². The van der Waals surface area contributed by atoms with Crippen LogP contribution in [-0.2, 0) is 14.8 Å². The summed E-state index contributed by atoms with van der Waals surface area (Å²) < 4.78 is 27.7. The average molecular weight is 387 g/mol. The van der Waals surface area contributed by atoms with Crippen LogP contribution < -0.4 is 15.2 Å². The molecule has 0 saturated carbocycles. The normalized spacial score (nSPS) is 11.5. The van der Waals surface area contributed by atoms with Crippen molar-refractivity contribution in [2.45, 2.75) is 11.8 Å². The second-order valence-corrected chi connectivity index (χ2v) is 6.91. The fourth-order valence-electron chi connectivity index (χ4n) is 2.13. The van der Waals surface area contributed by atoms with E-state index in [0.29, 0.717) is 17.9 Å². The Balaban J connectivity index is 2.22. The Bertz CT molecular complexity index is 1020. The smallest absolute Gasteiger partial charge is 0.266 e. The summed E-state index contributed by atoms with van der Waals surface area (Å²) >= 11 is 0. The topological polar surface area (TPSA) is 143 Å². The van der Waals surface area contributed by atoms with Crippen LogP contribution in [0.5, 0.6) is 11.5 Å². The predicted molar refractivity (Wildman–Crippen MR) is 99.3 cm³/mol. The third-order valence-electron chi connectivity index (χ3n) is 3.40. The Morgan fingerprint density at radius 2 is 1.96 bits per heavy atom. The monoisotopic (exact) mass is 387 g/mol. The zero-order valence-corrected chi connectivity index (χ0v) is 15.2. The number of nitrogens with zero attached hydrogens (tertiary/aromatic N) is 1. The van der Waals surface area contributed by atoms with E-state index in [1.54, 1.807) is 13.0 Å². The Morgan fingerprint density at radius 3 is 2.52 bits per heavy atom. The second-order valence-electron chi connectivity index (χ2n) is 5.35. The van der Waals surface area contributed by atoms with Crippen LogP contribution in [0.15, 0.2) is 52.9 Å². The first-order valence-corrected chi connectivity index (χ1v) is 9.31. The van der Waals surface area contributed by atoms with E-state index in [2.05, 4.69) is 5.32 Å². The number of hydrogen-bond donors (Lipinski definition) is 3. The number of sulfonamides is 1. The number of phenolic OH excluding ortho intramolecular Hbond substituents is 1. The highest BCUT2D eigenvalue weighted by Crippen LogP contribution is 2.27. The Hall–Kier alpha value is -3.35. The van der Waals surface area contributed by atoms with Gasteiger partial charge in [0, 0.05) is 5.69 Å². The number of primary sulfonamides is 1. The van der Waals surface area contributed by atoms with E-state index in [9.17, 15) is 23.6 Å². The van der Waals surface area contributed by atoms with Gasteiger partial charge in [0.15, 0.2) is 11.5 Å². The summed E-state index contributed by atoms with van der Waals surface area (Å²) in [5.74, 6) is -0.485. The molecular weight excluding hydrogens is 370 g/mol. The molecule has 0 radical (unpaired) electrons. The van der Waals surface area contributed by atoms with Crippen molar-refractivity contribution in [3.8, 4) is 17.6 Å². The molecule has 8 nitrogen and oxygen atoms in total. The van der Waals surface area contributed by atoms with Crippen LogP contribution >= 0.6 is 0 Å². The van der Waals surface area contributed by atoms with Gasteiger partial charge in [-0.3, -0.25) is 4.79 Å². The molecule has 0 unspecified atom stereocenters. The zero-order valence-electron chi connectivity index (χ0n) is 14.3. The number of nitrogens with one attached hydrogen (secondary N) is 1. The van der Waals surface area contributed by atoms with E-state index >= 15 is 0 Å². The molecule has 0 atom stereocenters. The highest BCUT2D eigenvalue weighted by molar-refractivity contribution is 7.89. The van der Waals surface area contributed by atoms with E-state index in [1.807, 2.05) is 0 Å². The number of carbonyl (C=O) groups excluding carboxylic acids is 1. The number of nitrogens with two attached hydrogens (primary N) is 1. The fourth-order valence-corrected chi connectivity index (χ4v) is 2.65. The number of hydrogen-bond acceptors (Lipinski definition) is 6. The van der Waals surface area contributed by atoms with Gasteiger partial charge in [0.25, 0.3) is 5.91 Å². The first-order chi connectivity index (χ1) is 12.7. The number of phenols is 1. The van der Waals surface area contributed by atoms with Crippen LogP contribution in [0.4, 0.5) is 5.69 Å². The van der Waals surface area contributed by atoms with Crippen LogP contribution in [-0.4, -0.2) is 26.0 Å². The molecule has 0 aliphatic rings. The van der Waals surface area contributed by atoms with Gasteiger partial charge < -0.3 is 15.2 Å². The maximum Gasteiger partial charge on any atom is 0.266 e. The number of amides is 1. The summed E-state index contributed by atoms with van der Waals surface area (Å²) in [5, 5.41) is 26.5. The average Bonchev–Trinajstić information content (AvgIpc) is 2.62. The van der Waals surface area contributed by atoms with E-state index in [0.717, 1.165) is 0 Å². The first kappa shape index (κ1) is 20.0. The predicted octanol–water partition coefficient (Wildman–Crippen LogP) is 1.98. The minimum atomic E-state index is -3.83. The lowest BCUT2D eigenvalue weighted by Crippen LogP contribution is -2.14. The van der Waals surface area contributed by atoms with Gasteiger partial charge >= 0.3 is 0 Å². The standard InChI is InChI=1S/C18H17N3O5S/c1-2-26-17-10-12(3-8-16(17)22)9-13(11-19)18(23)21-14-4-6-15(7-5-14)27(20,24)25/h3-10,22H,2H2,1H3,(H,21,23)(H2,20,24,25)/b13-9-. The molecule has 0 aliphatic carbocycles. The minimum Gasteiger partial charge on any atom is -0.504 e. The SMILES string of the molecule is CCOc1cc(/C=C(/C#N)C(=O)Nc2ccc(S(N)(=O)=O)cc2)ccc1O. The van der Waals surface area contributed by atoms with Gasteiger partial charge in [-0.1, -0.05) is 6.07 Å². The van der Waals surface area contributed by atoms with Crippen molar-refractivity contribution in [3.63, 3.8) is 0 Å². The van der Waals surface area contributed by atoms with Crippen molar-refractivity contribution < 1.29 is 23.1 Å². The molecule has 4 N–H and O–H groups in total. The van der Waals surface area contributed by atoms with Gasteiger partial charge in [-0.05, 0) is 55.0 Å². The number of nitriles is 1. The molecule has 0 aromatic heterocycles. The third kappa shape index (κ3) is 5.31. The minimum absolute atomic E-state index is 0.0492. The molecule has 2 aromatic carbocycles. The Morgan fingerprint density at radius 1 is 1.30 bits per heavy atom. The molecular formula is C18H17N3O5S. The lowest BCUT2D eigenvalue weighted by Gasteiger charge is -2.07. The number of aromatic hydroxyl groups is 1. The molecule has 0 saturated heterocycles. The quantitative estimate of drug-likeness (QED) is 0.511. The molecule has 0 fully saturated rings. The van der Waals surface area contributed by atoms with Crippen LogP contribution in [0.3, 0.4) is 0 Å². The lowest BCUT2D eigenvalue weighted by molar-refractivity contribution is -0.112. The van der Waals surface area contributed by atoms with E-state index < -0.39 is 15.9 Å². The van der Waals surface area contributed by atoms with E-state index in [1.165, 1.54) is 48.5 Å². The highest BCUT2D eigenvalue weighted by Gasteiger charge is 2.12. The number of carbonyl (C=O) groups is 1. The van der Waals surface area contributed by atoms with Crippen molar-refractivity contribution in [1.82, 2.24) is 0 Å². The second kappa shape index (κ2) is 8.35. The highest BCUT2D eigenvalue weighted by atomic mass is 32.2. The molecule has 1 amide bonds. The summed E-state index contributed by atoms with van der Waals surface area (Å²) in [6, 6.07) is 11.4. The van der Waals surface area contributed by atoms with Gasteiger partial charge in [0.2, 0.25) is 10.0 Å². The van der Waals surface area contributed by atoms with E-state index in [-0.39, 0.29) is 22.0 Å². The molecule has 0 bridgehead atoms. The first-order valence-electron chi connectivity index (χ1n) is 7.76. The van der Waals surface area contributed by atoms with Gasteiger partial charge in [-0.25, -0.2) is 13.6 Å². The van der Waals surface area contributed by atoms with Gasteiger partial charge in [-0.15, -0.1) is 0 Å². The molecule has 27 heavy (non-hydrogen) atoms. The van der Waals surface area contributed by atoms with Crippen molar-refractivity contribution in [1.29, 1.82) is 5.26 Å². The van der Waals surface area contributed by atoms with Crippen LogP contribution in [0.1, 0.15) is 12.5 Å². The van der Waals surface area contributed by atoms with Crippen LogP contribution in [0, 0.1) is 11.3 Å². The fraction of sp³-hybridized carbons (Fsp3) is 0.111. The molecule has 0 heterocycles. The maximum absolute atomic E-state index is 12.3. The van der Waals surface area contributed by atoms with Crippen molar-refractivity contribution in [2.75, 3.05) is 11.9 Å². The molecule has 2 aromatic rings. The maximum atomic E-state index is 12.3.